The van der Waals surface area contributed by atoms with Crippen molar-refractivity contribution in [1.82, 2.24) is 10.2 Å². The fraction of sp³-hybridized carbons (Fsp3) is 0.700. The molecule has 0 amide bonds. The Bertz CT molecular complexity index is 269. The van der Waals surface area contributed by atoms with E-state index in [0.29, 0.717) is 6.04 Å². The molecule has 3 nitrogen and oxygen atoms in total. The number of rotatable bonds is 2. The quantitative estimate of drug-likeness (QED) is 0.693. The van der Waals surface area contributed by atoms with Gasteiger partial charge in [0.05, 0.1) is 5.54 Å². The molecule has 1 aliphatic heterocycles. The summed E-state index contributed by atoms with van der Waals surface area (Å²) in [6, 6.07) is 0.405. The summed E-state index contributed by atoms with van der Waals surface area (Å²) in [5.41, 5.74) is 0.0896. The predicted molar refractivity (Wildman–Crippen MR) is 60.7 cm³/mol. The Morgan fingerprint density at radius 1 is 1.64 bits per heavy atom. The molecule has 2 N–H and O–H groups in total. The molecule has 1 aliphatic rings. The van der Waals surface area contributed by atoms with E-state index in [1.54, 1.807) is 6.08 Å². The molecule has 80 valence electrons. The minimum atomic E-state index is 0.0656. The number of halogens is 1. The SMILES string of the molecule is CC(C)N1/C(=C/C(=N)Cl)NCC1(C)C. The Labute approximate surface area is 90.6 Å². The first kappa shape index (κ1) is 11.4. The summed E-state index contributed by atoms with van der Waals surface area (Å²) < 4.78 is 0. The zero-order valence-electron chi connectivity index (χ0n) is 9.19. The van der Waals surface area contributed by atoms with Crippen molar-refractivity contribution in [2.45, 2.75) is 39.3 Å². The average Bonchev–Trinajstić information content (AvgIpc) is 2.24. The summed E-state index contributed by atoms with van der Waals surface area (Å²) in [6.45, 7) is 9.53. The van der Waals surface area contributed by atoms with Crippen molar-refractivity contribution in [3.05, 3.63) is 11.9 Å². The molecule has 14 heavy (non-hydrogen) atoms. The van der Waals surface area contributed by atoms with Crippen LogP contribution in [0.2, 0.25) is 0 Å². The van der Waals surface area contributed by atoms with Gasteiger partial charge in [0, 0.05) is 18.7 Å². The zero-order chi connectivity index (χ0) is 10.9. The van der Waals surface area contributed by atoms with Crippen molar-refractivity contribution < 1.29 is 0 Å². The lowest BCUT2D eigenvalue weighted by atomic mass is 10.0. The molecular formula is C10H18ClN3. The topological polar surface area (TPSA) is 39.1 Å². The molecular weight excluding hydrogens is 198 g/mol. The van der Waals surface area contributed by atoms with E-state index < -0.39 is 0 Å². The first-order chi connectivity index (χ1) is 6.34. The highest BCUT2D eigenvalue weighted by atomic mass is 35.5. The van der Waals surface area contributed by atoms with Gasteiger partial charge in [-0.05, 0) is 27.7 Å². The van der Waals surface area contributed by atoms with Gasteiger partial charge in [-0.15, -0.1) is 0 Å². The first-order valence-electron chi connectivity index (χ1n) is 4.83. The molecule has 1 saturated heterocycles. The molecule has 0 aliphatic carbocycles. The van der Waals surface area contributed by atoms with Gasteiger partial charge in [0.2, 0.25) is 0 Å². The summed E-state index contributed by atoms with van der Waals surface area (Å²) in [5, 5.41) is 10.6. The van der Waals surface area contributed by atoms with Crippen LogP contribution in [0.5, 0.6) is 0 Å². The van der Waals surface area contributed by atoms with Crippen LogP contribution in [0.25, 0.3) is 0 Å². The van der Waals surface area contributed by atoms with Crippen LogP contribution < -0.4 is 5.32 Å². The van der Waals surface area contributed by atoms with Gasteiger partial charge in [0.25, 0.3) is 0 Å². The van der Waals surface area contributed by atoms with Crippen LogP contribution in [0.3, 0.4) is 0 Å². The number of nitrogens with zero attached hydrogens (tertiary/aromatic N) is 1. The van der Waals surface area contributed by atoms with Crippen molar-refractivity contribution in [3.8, 4) is 0 Å². The lowest BCUT2D eigenvalue weighted by molar-refractivity contribution is 0.175. The zero-order valence-corrected chi connectivity index (χ0v) is 9.94. The molecule has 4 heteroatoms. The van der Waals surface area contributed by atoms with Gasteiger partial charge in [-0.3, -0.25) is 5.41 Å². The maximum absolute atomic E-state index is 7.24. The van der Waals surface area contributed by atoms with Crippen LogP contribution in [0, 0.1) is 5.41 Å². The van der Waals surface area contributed by atoms with E-state index in [0.717, 1.165) is 12.4 Å². The Kier molecular flexibility index (Phi) is 3.10. The van der Waals surface area contributed by atoms with Gasteiger partial charge in [-0.1, -0.05) is 11.6 Å². The van der Waals surface area contributed by atoms with Crippen LogP contribution in [0.15, 0.2) is 11.9 Å². The van der Waals surface area contributed by atoms with Crippen LogP contribution >= 0.6 is 11.6 Å². The molecule has 0 aromatic rings. The van der Waals surface area contributed by atoms with Crippen LogP contribution in [0.1, 0.15) is 27.7 Å². The number of allylic oxidation sites excluding steroid dienone is 1. The van der Waals surface area contributed by atoms with Gasteiger partial charge >= 0.3 is 0 Å². The van der Waals surface area contributed by atoms with Gasteiger partial charge in [-0.25, -0.2) is 0 Å². The summed E-state index contributed by atoms with van der Waals surface area (Å²) in [7, 11) is 0. The smallest absolute Gasteiger partial charge is 0.124 e. The molecule has 1 heterocycles. The van der Waals surface area contributed by atoms with Crippen molar-refractivity contribution in [3.63, 3.8) is 0 Å². The number of hydrogen-bond donors (Lipinski definition) is 2. The van der Waals surface area contributed by atoms with Crippen LogP contribution in [-0.4, -0.2) is 28.2 Å². The second-order valence-corrected chi connectivity index (χ2v) is 4.91. The normalized spacial score (nSPS) is 23.0. The Morgan fingerprint density at radius 2 is 2.21 bits per heavy atom. The highest BCUT2D eigenvalue weighted by Gasteiger charge is 2.36. The molecule has 0 saturated carbocycles. The van der Waals surface area contributed by atoms with Crippen molar-refractivity contribution in [1.29, 1.82) is 5.41 Å². The Morgan fingerprint density at radius 3 is 2.64 bits per heavy atom. The summed E-state index contributed by atoms with van der Waals surface area (Å²) >= 11 is 5.56. The summed E-state index contributed by atoms with van der Waals surface area (Å²) in [6.07, 6.45) is 1.66. The Balaban J connectivity index is 2.95. The molecule has 1 rings (SSSR count). The first-order valence-corrected chi connectivity index (χ1v) is 5.21. The predicted octanol–water partition coefficient (Wildman–Crippen LogP) is 2.14. The third kappa shape index (κ3) is 2.21. The third-order valence-electron chi connectivity index (χ3n) is 2.39. The summed E-state index contributed by atoms with van der Waals surface area (Å²) in [5.74, 6) is 0.949. The molecule has 0 spiro atoms. The van der Waals surface area contributed by atoms with Crippen molar-refractivity contribution in [2.75, 3.05) is 6.54 Å². The summed E-state index contributed by atoms with van der Waals surface area (Å²) in [4.78, 5) is 2.25. The van der Waals surface area contributed by atoms with Crippen molar-refractivity contribution in [2.24, 2.45) is 0 Å². The maximum atomic E-state index is 7.24. The highest BCUT2D eigenvalue weighted by molar-refractivity contribution is 6.67. The van der Waals surface area contributed by atoms with E-state index in [9.17, 15) is 0 Å². The second-order valence-electron chi connectivity index (χ2n) is 4.51. The third-order valence-corrected chi connectivity index (χ3v) is 2.50. The number of hydrogen-bond acceptors (Lipinski definition) is 3. The average molecular weight is 216 g/mol. The lowest BCUT2D eigenvalue weighted by Crippen LogP contribution is -2.43. The molecule has 0 bridgehead atoms. The van der Waals surface area contributed by atoms with E-state index in [1.165, 1.54) is 0 Å². The van der Waals surface area contributed by atoms with Gasteiger partial charge in [-0.2, -0.15) is 0 Å². The molecule has 1 fully saturated rings. The van der Waals surface area contributed by atoms with Crippen molar-refractivity contribution >= 4 is 16.8 Å². The largest absolute Gasteiger partial charge is 0.369 e. The highest BCUT2D eigenvalue weighted by Crippen LogP contribution is 2.27. The monoisotopic (exact) mass is 215 g/mol. The lowest BCUT2D eigenvalue weighted by Gasteiger charge is -2.36. The van der Waals surface area contributed by atoms with Gasteiger partial charge in [0.15, 0.2) is 0 Å². The Hall–Kier alpha value is -0.700. The minimum absolute atomic E-state index is 0.0656. The maximum Gasteiger partial charge on any atom is 0.124 e. The van der Waals surface area contributed by atoms with Gasteiger partial charge < -0.3 is 10.2 Å². The van der Waals surface area contributed by atoms with E-state index >= 15 is 0 Å². The second kappa shape index (κ2) is 3.81. The van der Waals surface area contributed by atoms with E-state index in [4.69, 9.17) is 17.0 Å². The van der Waals surface area contributed by atoms with E-state index in [1.807, 2.05) is 0 Å². The van der Waals surface area contributed by atoms with Crippen LogP contribution in [0.4, 0.5) is 0 Å². The van der Waals surface area contributed by atoms with E-state index in [2.05, 4.69) is 37.9 Å². The van der Waals surface area contributed by atoms with Crippen LogP contribution in [-0.2, 0) is 0 Å². The number of nitrogens with one attached hydrogen (secondary N) is 2. The van der Waals surface area contributed by atoms with Gasteiger partial charge in [0.1, 0.15) is 11.0 Å². The molecule has 0 aromatic heterocycles. The molecule has 0 unspecified atom stereocenters. The fourth-order valence-electron chi connectivity index (χ4n) is 2.02. The molecule has 0 aromatic carbocycles. The molecule has 0 atom stereocenters. The minimum Gasteiger partial charge on any atom is -0.369 e. The fourth-order valence-corrected chi connectivity index (χ4v) is 2.12. The van der Waals surface area contributed by atoms with E-state index in [-0.39, 0.29) is 10.7 Å². The standard InChI is InChI=1S/C10H18ClN3/c1-7(2)14-9(5-8(11)12)13-6-10(14,3)4/h5,7,12-13H,6H2,1-4H3/b9-5+,12-8?. The molecule has 0 radical (unpaired) electrons.